The topological polar surface area (TPSA) is 69.7 Å². The number of anilines is 1. The number of rotatable bonds is 5. The quantitative estimate of drug-likeness (QED) is 0.783. The molecule has 2 amide bonds. The minimum absolute atomic E-state index is 0.0181. The number of ketones is 1. The summed E-state index contributed by atoms with van der Waals surface area (Å²) in [5.41, 5.74) is 0.691. The lowest BCUT2D eigenvalue weighted by Gasteiger charge is -2.37. The van der Waals surface area contributed by atoms with Gasteiger partial charge >= 0.3 is 0 Å². The summed E-state index contributed by atoms with van der Waals surface area (Å²) in [5, 5.41) is 2.87. The zero-order valence-corrected chi connectivity index (χ0v) is 16.2. The molecule has 1 N–H and O–H groups in total. The molecule has 0 aromatic heterocycles. The van der Waals surface area contributed by atoms with Crippen LogP contribution >= 0.6 is 0 Å². The highest BCUT2D eigenvalue weighted by Gasteiger charge is 2.55. The Labute approximate surface area is 164 Å². The Morgan fingerprint density at radius 1 is 1.21 bits per heavy atom. The zero-order chi connectivity index (χ0) is 19.9. The summed E-state index contributed by atoms with van der Waals surface area (Å²) in [6.07, 6.45) is 2.47. The van der Waals surface area contributed by atoms with E-state index in [0.29, 0.717) is 38.2 Å². The molecular weight excluding hydrogens is 361 g/mol. The Morgan fingerprint density at radius 2 is 1.93 bits per heavy atom. The molecule has 2 heterocycles. The molecule has 3 aliphatic rings. The molecule has 1 saturated carbocycles. The number of nitrogens with zero attached hydrogens (tertiary/aromatic N) is 2. The monoisotopic (exact) mass is 387 g/mol. The summed E-state index contributed by atoms with van der Waals surface area (Å²) in [5.74, 6) is -0.288. The maximum Gasteiger partial charge on any atom is 0.228 e. The molecule has 150 valence electrons. The minimum Gasteiger partial charge on any atom is -0.368 e. The van der Waals surface area contributed by atoms with Crippen molar-refractivity contribution in [3.8, 4) is 0 Å². The van der Waals surface area contributed by atoms with E-state index >= 15 is 0 Å². The molecular formula is C21H26FN3O3. The van der Waals surface area contributed by atoms with Crippen LogP contribution in [-0.4, -0.2) is 54.2 Å². The van der Waals surface area contributed by atoms with Gasteiger partial charge in [0, 0.05) is 43.9 Å². The molecule has 0 spiro atoms. The molecule has 3 fully saturated rings. The van der Waals surface area contributed by atoms with E-state index in [9.17, 15) is 18.8 Å². The van der Waals surface area contributed by atoms with E-state index in [1.807, 2.05) is 11.0 Å². The van der Waals surface area contributed by atoms with Gasteiger partial charge in [0.25, 0.3) is 0 Å². The molecule has 6 nitrogen and oxygen atoms in total. The van der Waals surface area contributed by atoms with E-state index in [1.165, 1.54) is 6.07 Å². The van der Waals surface area contributed by atoms with Gasteiger partial charge in [-0.05, 0) is 44.2 Å². The average molecular weight is 387 g/mol. The van der Waals surface area contributed by atoms with Crippen LogP contribution in [0.5, 0.6) is 0 Å². The third-order valence-electron chi connectivity index (χ3n) is 6.40. The van der Waals surface area contributed by atoms with Crippen molar-refractivity contribution in [3.63, 3.8) is 0 Å². The number of Topliss-reactive ketones (excluding diaryl/α,β-unsaturated/α-hetero) is 1. The van der Waals surface area contributed by atoms with Crippen LogP contribution in [0.4, 0.5) is 10.1 Å². The number of amides is 2. The number of hydrogen-bond acceptors (Lipinski definition) is 4. The summed E-state index contributed by atoms with van der Waals surface area (Å²) in [6.45, 7) is 4.22. The summed E-state index contributed by atoms with van der Waals surface area (Å²) >= 11 is 0. The van der Waals surface area contributed by atoms with Crippen molar-refractivity contribution in [2.75, 3.05) is 31.1 Å². The van der Waals surface area contributed by atoms with E-state index in [4.69, 9.17) is 0 Å². The Morgan fingerprint density at radius 3 is 2.54 bits per heavy atom. The first kappa shape index (κ1) is 18.9. The van der Waals surface area contributed by atoms with Gasteiger partial charge in [-0.3, -0.25) is 14.4 Å². The Hall–Kier alpha value is -2.44. The summed E-state index contributed by atoms with van der Waals surface area (Å²) in [6, 6.07) is 5.07. The molecule has 2 saturated heterocycles. The fourth-order valence-corrected chi connectivity index (χ4v) is 4.58. The van der Waals surface area contributed by atoms with Crippen LogP contribution in [0.2, 0.25) is 0 Å². The van der Waals surface area contributed by atoms with Gasteiger partial charge in [0.2, 0.25) is 11.8 Å². The van der Waals surface area contributed by atoms with Gasteiger partial charge in [-0.1, -0.05) is 6.07 Å². The molecule has 2 aliphatic heterocycles. The lowest BCUT2D eigenvalue weighted by Crippen LogP contribution is -2.51. The van der Waals surface area contributed by atoms with Crippen LogP contribution in [0.15, 0.2) is 18.2 Å². The number of carbonyl (C=O) groups is 3. The Kier molecular flexibility index (Phi) is 4.85. The van der Waals surface area contributed by atoms with Gasteiger partial charge in [0.1, 0.15) is 11.4 Å². The lowest BCUT2D eigenvalue weighted by atomic mass is 9.85. The first-order valence-corrected chi connectivity index (χ1v) is 10.0. The second kappa shape index (κ2) is 7.18. The minimum atomic E-state index is -0.812. The normalized spacial score (nSPS) is 25.2. The molecule has 1 aliphatic carbocycles. The van der Waals surface area contributed by atoms with Crippen molar-refractivity contribution in [2.45, 2.75) is 44.6 Å². The van der Waals surface area contributed by atoms with E-state index in [1.54, 1.807) is 13.0 Å². The average Bonchev–Trinajstić information content (AvgIpc) is 3.48. The highest BCUT2D eigenvalue weighted by Crippen LogP contribution is 2.45. The van der Waals surface area contributed by atoms with Crippen LogP contribution in [0.1, 0.15) is 37.7 Å². The van der Waals surface area contributed by atoms with E-state index in [-0.39, 0.29) is 42.2 Å². The van der Waals surface area contributed by atoms with Crippen LogP contribution < -0.4 is 10.2 Å². The fraction of sp³-hybridized carbons (Fsp3) is 0.571. The second-order valence-electron chi connectivity index (χ2n) is 8.15. The van der Waals surface area contributed by atoms with Gasteiger partial charge in [0.15, 0.2) is 5.78 Å². The van der Waals surface area contributed by atoms with Crippen molar-refractivity contribution in [1.29, 1.82) is 0 Å². The van der Waals surface area contributed by atoms with Gasteiger partial charge < -0.3 is 15.1 Å². The van der Waals surface area contributed by atoms with Gasteiger partial charge in [-0.2, -0.15) is 0 Å². The SMILES string of the molecule is Cc1c(F)cccc1N1CCN(C(=O)CCC2(C3CC3)NC(=O)CC2=O)CC1. The molecule has 28 heavy (non-hydrogen) atoms. The lowest BCUT2D eigenvalue weighted by molar-refractivity contribution is -0.132. The number of hydrogen-bond donors (Lipinski definition) is 1. The number of benzene rings is 1. The smallest absolute Gasteiger partial charge is 0.228 e. The number of halogens is 1. The molecule has 0 bridgehead atoms. The van der Waals surface area contributed by atoms with Gasteiger partial charge in [-0.25, -0.2) is 4.39 Å². The van der Waals surface area contributed by atoms with E-state index in [0.717, 1.165) is 18.5 Å². The van der Waals surface area contributed by atoms with E-state index < -0.39 is 5.54 Å². The maximum atomic E-state index is 13.8. The van der Waals surface area contributed by atoms with Crippen molar-refractivity contribution >= 4 is 23.3 Å². The first-order valence-electron chi connectivity index (χ1n) is 10.0. The summed E-state index contributed by atoms with van der Waals surface area (Å²) in [4.78, 5) is 40.7. The number of nitrogens with one attached hydrogen (secondary N) is 1. The molecule has 1 unspecified atom stereocenters. The van der Waals surface area contributed by atoms with Crippen LogP contribution in [0, 0.1) is 18.7 Å². The zero-order valence-electron chi connectivity index (χ0n) is 16.2. The standard InChI is InChI=1S/C21H26FN3O3/c1-14-16(22)3-2-4-17(14)24-9-11-25(12-10-24)20(28)7-8-21(15-5-6-15)18(26)13-19(27)23-21/h2-4,15H,5-13H2,1H3,(H,23,27). The molecule has 0 radical (unpaired) electrons. The molecule has 1 aromatic rings. The maximum absolute atomic E-state index is 13.8. The summed E-state index contributed by atoms with van der Waals surface area (Å²) in [7, 11) is 0. The second-order valence-corrected chi connectivity index (χ2v) is 8.15. The van der Waals surface area contributed by atoms with Crippen molar-refractivity contribution in [2.24, 2.45) is 5.92 Å². The molecule has 1 atom stereocenters. The first-order chi connectivity index (χ1) is 13.4. The van der Waals surface area contributed by atoms with Crippen molar-refractivity contribution < 1.29 is 18.8 Å². The predicted molar refractivity (Wildman–Crippen MR) is 102 cm³/mol. The highest BCUT2D eigenvalue weighted by atomic mass is 19.1. The van der Waals surface area contributed by atoms with Crippen molar-refractivity contribution in [1.82, 2.24) is 10.2 Å². The molecule has 1 aromatic carbocycles. The largest absolute Gasteiger partial charge is 0.368 e. The van der Waals surface area contributed by atoms with Gasteiger partial charge in [0.05, 0.1) is 6.42 Å². The predicted octanol–water partition coefficient (Wildman–Crippen LogP) is 1.80. The van der Waals surface area contributed by atoms with Crippen LogP contribution in [0.25, 0.3) is 0 Å². The Bertz CT molecular complexity index is 815. The van der Waals surface area contributed by atoms with Crippen LogP contribution in [-0.2, 0) is 14.4 Å². The molecule has 7 heteroatoms. The third kappa shape index (κ3) is 3.38. The highest BCUT2D eigenvalue weighted by molar-refractivity contribution is 6.10. The number of carbonyl (C=O) groups excluding carboxylic acids is 3. The molecule has 4 rings (SSSR count). The Balaban J connectivity index is 1.34. The van der Waals surface area contributed by atoms with Crippen LogP contribution in [0.3, 0.4) is 0 Å². The van der Waals surface area contributed by atoms with Gasteiger partial charge in [-0.15, -0.1) is 0 Å². The summed E-state index contributed by atoms with van der Waals surface area (Å²) < 4.78 is 13.8. The fourth-order valence-electron chi connectivity index (χ4n) is 4.58. The number of piperazine rings is 1. The van der Waals surface area contributed by atoms with E-state index in [2.05, 4.69) is 10.2 Å². The third-order valence-corrected chi connectivity index (χ3v) is 6.40. The van der Waals surface area contributed by atoms with Crippen molar-refractivity contribution in [3.05, 3.63) is 29.6 Å².